The number of sulfone groups is 1. The van der Waals surface area contributed by atoms with Gasteiger partial charge in [0.15, 0.2) is 15.8 Å². The number of para-hydroxylation sites is 1. The molecule has 1 atom stereocenters. The summed E-state index contributed by atoms with van der Waals surface area (Å²) in [7, 11) is -1.32. The molecule has 6 nitrogen and oxygen atoms in total. The van der Waals surface area contributed by atoms with E-state index in [4.69, 9.17) is 4.74 Å². The Bertz CT molecular complexity index is 615. The molecule has 0 radical (unpaired) electrons. The van der Waals surface area contributed by atoms with Crippen molar-refractivity contribution in [2.45, 2.75) is 26.9 Å². The molecule has 1 rings (SSSR count). The number of hydrogen-bond donors (Lipinski definition) is 2. The summed E-state index contributed by atoms with van der Waals surface area (Å²) in [4.78, 5) is 4.07. The smallest absolute Gasteiger partial charge is 0.191 e. The molecule has 1 unspecified atom stereocenters. The molecule has 0 bridgehead atoms. The summed E-state index contributed by atoms with van der Waals surface area (Å²) in [6.07, 6.45) is -0.0472. The standard InChI is InChI=1S/C16H27N3O3S/c1-5-23(20,21)11-10-18-16(17-4)19-12-14(3)22-15-9-7-6-8-13(15)2/h6-9,14H,5,10-12H2,1-4H3,(H2,17,18,19). The van der Waals surface area contributed by atoms with Crippen molar-refractivity contribution in [3.63, 3.8) is 0 Å². The molecule has 0 aromatic heterocycles. The van der Waals surface area contributed by atoms with Crippen LogP contribution in [0.3, 0.4) is 0 Å². The van der Waals surface area contributed by atoms with Gasteiger partial charge in [-0.1, -0.05) is 25.1 Å². The largest absolute Gasteiger partial charge is 0.489 e. The Morgan fingerprint density at radius 1 is 1.30 bits per heavy atom. The highest BCUT2D eigenvalue weighted by Crippen LogP contribution is 2.17. The van der Waals surface area contributed by atoms with Gasteiger partial charge in [-0.25, -0.2) is 8.42 Å². The molecule has 130 valence electrons. The molecule has 1 aromatic carbocycles. The number of guanidine groups is 1. The van der Waals surface area contributed by atoms with E-state index in [0.717, 1.165) is 11.3 Å². The summed E-state index contributed by atoms with van der Waals surface area (Å²) in [6, 6.07) is 7.86. The lowest BCUT2D eigenvalue weighted by Crippen LogP contribution is -2.43. The molecule has 2 N–H and O–H groups in total. The van der Waals surface area contributed by atoms with Crippen molar-refractivity contribution >= 4 is 15.8 Å². The summed E-state index contributed by atoms with van der Waals surface area (Å²) in [5, 5.41) is 6.13. The molecule has 0 heterocycles. The minimum Gasteiger partial charge on any atom is -0.489 e. The van der Waals surface area contributed by atoms with Crippen molar-refractivity contribution in [3.8, 4) is 5.75 Å². The van der Waals surface area contributed by atoms with Gasteiger partial charge >= 0.3 is 0 Å². The summed E-state index contributed by atoms with van der Waals surface area (Å²) >= 11 is 0. The molecule has 0 fully saturated rings. The highest BCUT2D eigenvalue weighted by molar-refractivity contribution is 7.91. The van der Waals surface area contributed by atoms with Crippen LogP contribution < -0.4 is 15.4 Å². The Labute approximate surface area is 139 Å². The predicted octanol–water partition coefficient (Wildman–Crippen LogP) is 1.36. The van der Waals surface area contributed by atoms with E-state index < -0.39 is 9.84 Å². The van der Waals surface area contributed by atoms with Crippen molar-refractivity contribution in [3.05, 3.63) is 29.8 Å². The fourth-order valence-electron chi connectivity index (χ4n) is 1.88. The van der Waals surface area contributed by atoms with Gasteiger partial charge in [-0.15, -0.1) is 0 Å². The maximum absolute atomic E-state index is 11.5. The van der Waals surface area contributed by atoms with Crippen LogP contribution in [0.2, 0.25) is 0 Å². The Balaban J connectivity index is 2.38. The van der Waals surface area contributed by atoms with E-state index in [1.54, 1.807) is 14.0 Å². The summed E-state index contributed by atoms with van der Waals surface area (Å²) in [5.41, 5.74) is 1.09. The number of benzene rings is 1. The van der Waals surface area contributed by atoms with Gasteiger partial charge < -0.3 is 15.4 Å². The molecular formula is C16H27N3O3S. The summed E-state index contributed by atoms with van der Waals surface area (Å²) in [6.45, 7) is 6.52. The minimum absolute atomic E-state index is 0.0472. The lowest BCUT2D eigenvalue weighted by atomic mass is 10.2. The summed E-state index contributed by atoms with van der Waals surface area (Å²) in [5.74, 6) is 1.68. The average Bonchev–Trinajstić information content (AvgIpc) is 2.53. The van der Waals surface area contributed by atoms with Crippen molar-refractivity contribution in [1.29, 1.82) is 0 Å². The lowest BCUT2D eigenvalue weighted by Gasteiger charge is -2.18. The van der Waals surface area contributed by atoms with Crippen LogP contribution in [0.15, 0.2) is 29.3 Å². The summed E-state index contributed by atoms with van der Waals surface area (Å²) < 4.78 is 28.8. The minimum atomic E-state index is -2.97. The van der Waals surface area contributed by atoms with E-state index in [1.165, 1.54) is 0 Å². The van der Waals surface area contributed by atoms with Crippen LogP contribution in [0, 0.1) is 6.92 Å². The van der Waals surface area contributed by atoms with E-state index in [-0.39, 0.29) is 17.6 Å². The van der Waals surface area contributed by atoms with Gasteiger partial charge in [-0.3, -0.25) is 4.99 Å². The number of aliphatic imine (C=N–C) groups is 1. The zero-order valence-electron chi connectivity index (χ0n) is 14.3. The molecule has 0 aliphatic carbocycles. The molecule has 7 heteroatoms. The third-order valence-electron chi connectivity index (χ3n) is 3.35. The van der Waals surface area contributed by atoms with Gasteiger partial charge in [0.25, 0.3) is 0 Å². The van der Waals surface area contributed by atoms with Crippen LogP contribution >= 0.6 is 0 Å². The van der Waals surface area contributed by atoms with Crippen molar-refractivity contribution in [1.82, 2.24) is 10.6 Å². The molecule has 0 aliphatic heterocycles. The van der Waals surface area contributed by atoms with E-state index in [1.807, 2.05) is 38.1 Å². The lowest BCUT2D eigenvalue weighted by molar-refractivity contribution is 0.222. The third kappa shape index (κ3) is 7.36. The molecule has 1 aromatic rings. The van der Waals surface area contributed by atoms with Gasteiger partial charge in [-0.2, -0.15) is 0 Å². The second kappa shape index (κ2) is 9.39. The zero-order valence-corrected chi connectivity index (χ0v) is 15.1. The average molecular weight is 341 g/mol. The molecule has 0 saturated heterocycles. The normalized spacial score (nSPS) is 13.5. The monoisotopic (exact) mass is 341 g/mol. The number of rotatable bonds is 8. The number of aryl methyl sites for hydroxylation is 1. The van der Waals surface area contributed by atoms with Crippen molar-refractivity contribution in [2.75, 3.05) is 31.6 Å². The molecule has 0 spiro atoms. The number of nitrogens with one attached hydrogen (secondary N) is 2. The highest BCUT2D eigenvalue weighted by atomic mass is 32.2. The van der Waals surface area contributed by atoms with Gasteiger partial charge in [0.1, 0.15) is 11.9 Å². The van der Waals surface area contributed by atoms with Crippen molar-refractivity contribution in [2.24, 2.45) is 4.99 Å². The molecule has 23 heavy (non-hydrogen) atoms. The molecule has 0 aliphatic rings. The van der Waals surface area contributed by atoms with Crippen LogP contribution in [-0.2, 0) is 9.84 Å². The third-order valence-corrected chi connectivity index (χ3v) is 5.05. The van der Waals surface area contributed by atoms with Crippen LogP contribution in [-0.4, -0.2) is 52.1 Å². The molecular weight excluding hydrogens is 314 g/mol. The van der Waals surface area contributed by atoms with Crippen LogP contribution in [0.25, 0.3) is 0 Å². The van der Waals surface area contributed by atoms with Gasteiger partial charge in [0, 0.05) is 19.3 Å². The Hall–Kier alpha value is -1.76. The Morgan fingerprint density at radius 2 is 2.00 bits per heavy atom. The highest BCUT2D eigenvalue weighted by Gasteiger charge is 2.09. The maximum atomic E-state index is 11.5. The zero-order chi connectivity index (χ0) is 17.3. The Morgan fingerprint density at radius 3 is 2.61 bits per heavy atom. The maximum Gasteiger partial charge on any atom is 0.191 e. The fourth-order valence-corrected chi connectivity index (χ4v) is 2.58. The first-order valence-corrected chi connectivity index (χ1v) is 9.57. The van der Waals surface area contributed by atoms with Gasteiger partial charge in [0.05, 0.1) is 12.3 Å². The van der Waals surface area contributed by atoms with Crippen LogP contribution in [0.5, 0.6) is 5.75 Å². The van der Waals surface area contributed by atoms with E-state index in [9.17, 15) is 8.42 Å². The molecule has 0 saturated carbocycles. The number of nitrogens with zero attached hydrogens (tertiary/aromatic N) is 1. The first-order valence-electron chi connectivity index (χ1n) is 7.75. The van der Waals surface area contributed by atoms with Crippen LogP contribution in [0.1, 0.15) is 19.4 Å². The van der Waals surface area contributed by atoms with Gasteiger partial charge in [0.2, 0.25) is 0 Å². The predicted molar refractivity (Wildman–Crippen MR) is 95.0 cm³/mol. The topological polar surface area (TPSA) is 79.8 Å². The second-order valence-corrected chi connectivity index (χ2v) is 7.78. The second-order valence-electron chi connectivity index (χ2n) is 5.31. The van der Waals surface area contributed by atoms with Gasteiger partial charge in [-0.05, 0) is 25.5 Å². The SMILES string of the molecule is CCS(=O)(=O)CCNC(=NC)NCC(C)Oc1ccccc1C. The quantitative estimate of drug-likeness (QED) is 0.551. The van der Waals surface area contributed by atoms with E-state index >= 15 is 0 Å². The Kier molecular flexibility index (Phi) is 7.88. The van der Waals surface area contributed by atoms with Crippen LogP contribution in [0.4, 0.5) is 0 Å². The van der Waals surface area contributed by atoms with E-state index in [2.05, 4.69) is 15.6 Å². The van der Waals surface area contributed by atoms with Crippen molar-refractivity contribution < 1.29 is 13.2 Å². The number of hydrogen-bond acceptors (Lipinski definition) is 4. The van der Waals surface area contributed by atoms with E-state index in [0.29, 0.717) is 19.0 Å². The first-order chi connectivity index (χ1) is 10.9. The number of ether oxygens (including phenoxy) is 1. The fraction of sp³-hybridized carbons (Fsp3) is 0.562. The molecule has 0 amide bonds. The first kappa shape index (κ1) is 19.3.